The Hall–Kier alpha value is -5.57. The van der Waals surface area contributed by atoms with Crippen molar-refractivity contribution in [1.82, 2.24) is 10.6 Å². The molecule has 0 aromatic heterocycles. The Morgan fingerprint density at radius 3 is 2.43 bits per heavy atom. The number of carbonyl (C=O) groups is 6. The Bertz CT molecular complexity index is 1640. The van der Waals surface area contributed by atoms with Crippen LogP contribution in [0.25, 0.3) is 0 Å². The topological polar surface area (TPSA) is 193 Å². The molecule has 1 saturated heterocycles. The van der Waals surface area contributed by atoms with Crippen LogP contribution in [0.4, 0.5) is 10.5 Å². The van der Waals surface area contributed by atoms with Crippen LogP contribution in [0.1, 0.15) is 24.5 Å². The largest absolute Gasteiger partial charge is 0.481 e. The first-order valence-electron chi connectivity index (χ1n) is 13.1. The Balaban J connectivity index is 0.00000368. The van der Waals surface area contributed by atoms with E-state index in [0.717, 1.165) is 11.0 Å². The van der Waals surface area contributed by atoms with Gasteiger partial charge in [-0.2, -0.15) is 4.99 Å². The van der Waals surface area contributed by atoms with E-state index < -0.39 is 65.7 Å². The number of carboxylic acid groups (broad SMARTS) is 1. The molecule has 2 aromatic carbocycles. The summed E-state index contributed by atoms with van der Waals surface area (Å²) in [5, 5.41) is 13.9. The molecule has 15 heteroatoms. The summed E-state index contributed by atoms with van der Waals surface area (Å²) in [6.45, 7) is 2.76. The number of urea groups is 1. The van der Waals surface area contributed by atoms with E-state index in [1.54, 1.807) is 43.3 Å². The highest BCUT2D eigenvalue weighted by Gasteiger charge is 2.36. The highest BCUT2D eigenvalue weighted by molar-refractivity contribution is 7.80. The monoisotopic (exact) mass is 625 g/mol. The van der Waals surface area contributed by atoms with Crippen molar-refractivity contribution in [1.29, 1.82) is 0 Å². The lowest BCUT2D eigenvalue weighted by Gasteiger charge is -2.29. The number of ether oxygens (including phenoxy) is 2. The maximum Gasteiger partial charge on any atom is 0.367 e. The van der Waals surface area contributed by atoms with Gasteiger partial charge in [-0.1, -0.05) is 25.1 Å². The average molecular weight is 626 g/mol. The fourth-order valence-corrected chi connectivity index (χ4v) is 4.31. The second kappa shape index (κ2) is 13.6. The number of rotatable bonds is 10. The molecule has 2 aromatic rings. The number of carbonyl (C=O) groups excluding carboxylic acids is 5. The molecule has 4 rings (SSSR count). The van der Waals surface area contributed by atoms with Gasteiger partial charge in [-0.05, 0) is 61.6 Å². The van der Waals surface area contributed by atoms with Gasteiger partial charge in [0.25, 0.3) is 17.7 Å². The van der Waals surface area contributed by atoms with Gasteiger partial charge in [0.15, 0.2) is 11.2 Å². The zero-order valence-electron chi connectivity index (χ0n) is 23.3. The van der Waals surface area contributed by atoms with Crippen molar-refractivity contribution in [3.63, 3.8) is 0 Å². The van der Waals surface area contributed by atoms with Crippen LogP contribution in [-0.4, -0.2) is 70.0 Å². The summed E-state index contributed by atoms with van der Waals surface area (Å²) in [7, 11) is 0. The molecule has 2 aliphatic heterocycles. The minimum absolute atomic E-state index is 0. The van der Waals surface area contributed by atoms with E-state index >= 15 is 0 Å². The van der Waals surface area contributed by atoms with Crippen LogP contribution in [0.15, 0.2) is 76.2 Å². The van der Waals surface area contributed by atoms with Crippen LogP contribution in [0.5, 0.6) is 11.5 Å². The Labute approximate surface area is 259 Å². The molecule has 14 nitrogen and oxygen atoms in total. The number of anilines is 1. The quantitative estimate of drug-likeness (QED) is 0.153. The molecular formula is C29H31N5O9S. The molecule has 44 heavy (non-hydrogen) atoms. The Kier molecular flexibility index (Phi) is 9.70. The third kappa shape index (κ3) is 7.63. The normalized spacial score (nSPS) is 18.7. The van der Waals surface area contributed by atoms with Gasteiger partial charge >= 0.3 is 18.0 Å². The highest BCUT2D eigenvalue weighted by Crippen LogP contribution is 2.26. The second-order valence-electron chi connectivity index (χ2n) is 9.50. The van der Waals surface area contributed by atoms with Gasteiger partial charge in [0.1, 0.15) is 22.8 Å². The highest BCUT2D eigenvalue weighted by atomic mass is 32.1. The molecule has 1 fully saturated rings. The minimum Gasteiger partial charge on any atom is -0.481 e. The fourth-order valence-electron chi connectivity index (χ4n) is 4.03. The third-order valence-corrected chi connectivity index (χ3v) is 6.47. The average Bonchev–Trinajstić information content (AvgIpc) is 2.97. The molecule has 0 aliphatic carbocycles. The summed E-state index contributed by atoms with van der Waals surface area (Å²) in [5.74, 6) is -4.68. The van der Waals surface area contributed by atoms with Crippen molar-refractivity contribution in [3.8, 4) is 11.5 Å². The number of carboxylic acids is 1. The first-order valence-corrected chi connectivity index (χ1v) is 13.5. The molecule has 3 atom stereocenters. The lowest BCUT2D eigenvalue weighted by molar-refractivity contribution is -0.149. The van der Waals surface area contributed by atoms with Crippen LogP contribution in [0, 0.1) is 5.92 Å². The van der Waals surface area contributed by atoms with Crippen molar-refractivity contribution < 1.29 is 47.6 Å². The van der Waals surface area contributed by atoms with Crippen molar-refractivity contribution in [2.24, 2.45) is 15.9 Å². The van der Waals surface area contributed by atoms with Gasteiger partial charge in [0, 0.05) is 16.4 Å². The minimum atomic E-state index is -1.46. The number of aliphatic carboxylic acids is 1. The number of nitrogens with zero attached hydrogens (tertiary/aromatic N) is 3. The molecule has 0 saturated carbocycles. The molecule has 0 radical (unpaired) electrons. The third-order valence-electron chi connectivity index (χ3n) is 6.18. The second-order valence-corrected chi connectivity index (χ2v) is 9.88. The maximum absolute atomic E-state index is 13.4. The van der Waals surface area contributed by atoms with Crippen LogP contribution in [-0.2, 0) is 28.7 Å². The summed E-state index contributed by atoms with van der Waals surface area (Å²) in [4.78, 5) is 82.5. The van der Waals surface area contributed by atoms with Gasteiger partial charge in [0.2, 0.25) is 0 Å². The molecule has 2 aliphatic rings. The van der Waals surface area contributed by atoms with Gasteiger partial charge in [-0.15, -0.1) is 0 Å². The summed E-state index contributed by atoms with van der Waals surface area (Å²) in [5.41, 5.74) is -0.453. The zero-order valence-corrected chi connectivity index (χ0v) is 24.1. The molecule has 2 heterocycles. The number of hydrogen-bond donors (Lipinski definition) is 3. The van der Waals surface area contributed by atoms with Gasteiger partial charge in [0.05, 0.1) is 18.2 Å². The van der Waals surface area contributed by atoms with E-state index in [1.807, 2.05) is 18.2 Å². The standard InChI is InChI=1S/C29H25N5O9S.3H2/c1-15-14-30-28(41)32-23(15)27(40)42-16(2)24(37)31-17(13-22(35)36)12-21-25(38)33-29(44)34(26(21)39)18-8-10-20(11-9-18)43-19-6-4-3-5-7-19;;;/h3-12,14-17H,13H2,1-2H3,(H,31,37)(H,35,36)(H,33,38,44);3*1H/b21-12+;;;. The lowest BCUT2D eigenvalue weighted by atomic mass is 10.0. The van der Waals surface area contributed by atoms with Crippen molar-refractivity contribution in [3.05, 3.63) is 66.2 Å². The molecule has 3 N–H and O–H groups in total. The number of benzene rings is 2. The van der Waals surface area contributed by atoms with E-state index in [0.29, 0.717) is 11.5 Å². The van der Waals surface area contributed by atoms with Crippen LogP contribution < -0.4 is 20.3 Å². The number of amides is 5. The predicted molar refractivity (Wildman–Crippen MR) is 166 cm³/mol. The Morgan fingerprint density at radius 1 is 1.11 bits per heavy atom. The number of hydrogen-bond acceptors (Lipinski definition) is 9. The van der Waals surface area contributed by atoms with Gasteiger partial charge in [-0.3, -0.25) is 29.4 Å². The van der Waals surface area contributed by atoms with Crippen molar-refractivity contribution >= 4 is 70.6 Å². The SMILES string of the molecule is CC1C=NC(=O)N=C1C(=O)OC(C)C(=O)NC(/C=C1\C(=O)NC(=S)N(c2ccc(Oc3ccccc3)cc2)C1=O)CC(=O)O.[HH].[HH].[HH]. The smallest absolute Gasteiger partial charge is 0.367 e. The molecule has 232 valence electrons. The van der Waals surface area contributed by atoms with Gasteiger partial charge in [-0.25, -0.2) is 14.6 Å². The first kappa shape index (κ1) is 31.4. The molecule has 5 amide bonds. The zero-order chi connectivity index (χ0) is 32.0. The number of esters is 1. The predicted octanol–water partition coefficient (Wildman–Crippen LogP) is 3.06. The summed E-state index contributed by atoms with van der Waals surface area (Å²) >= 11 is 5.21. The van der Waals surface area contributed by atoms with Gasteiger partial charge < -0.3 is 19.9 Å². The molecule has 0 spiro atoms. The van der Waals surface area contributed by atoms with Crippen LogP contribution in [0.3, 0.4) is 0 Å². The van der Waals surface area contributed by atoms with E-state index in [4.69, 9.17) is 21.7 Å². The van der Waals surface area contributed by atoms with Crippen molar-refractivity contribution in [2.75, 3.05) is 4.90 Å². The Morgan fingerprint density at radius 2 is 1.77 bits per heavy atom. The lowest BCUT2D eigenvalue weighted by Crippen LogP contribution is -2.55. The molecule has 0 bridgehead atoms. The van der Waals surface area contributed by atoms with Crippen LogP contribution >= 0.6 is 12.2 Å². The van der Waals surface area contributed by atoms with E-state index in [-0.39, 0.29) is 20.8 Å². The van der Waals surface area contributed by atoms with E-state index in [9.17, 15) is 33.9 Å². The first-order chi connectivity index (χ1) is 20.9. The summed E-state index contributed by atoms with van der Waals surface area (Å²) in [6, 6.07) is 13.0. The maximum atomic E-state index is 13.4. The van der Waals surface area contributed by atoms with Crippen LogP contribution in [0.2, 0.25) is 0 Å². The van der Waals surface area contributed by atoms with E-state index in [2.05, 4.69) is 20.6 Å². The molecular weight excluding hydrogens is 594 g/mol. The number of para-hydroxylation sites is 1. The fraction of sp³-hybridized carbons (Fsp3) is 0.207. The molecule has 3 unspecified atom stereocenters. The summed E-state index contributed by atoms with van der Waals surface area (Å²) < 4.78 is 10.9. The van der Waals surface area contributed by atoms with Crippen molar-refractivity contribution in [2.45, 2.75) is 32.4 Å². The van der Waals surface area contributed by atoms with E-state index in [1.165, 1.54) is 13.1 Å². The number of aliphatic imine (C=N–C) groups is 2. The number of nitrogens with one attached hydrogen (secondary N) is 2. The number of thiocarbonyl (C=S) groups is 1. The summed E-state index contributed by atoms with van der Waals surface area (Å²) in [6.07, 6.45) is 0.0149.